The van der Waals surface area contributed by atoms with E-state index in [1.54, 1.807) is 6.07 Å². The van der Waals surface area contributed by atoms with E-state index >= 15 is 0 Å². The van der Waals surface area contributed by atoms with E-state index in [0.717, 1.165) is 11.1 Å². The minimum absolute atomic E-state index is 0.0458. The fraction of sp³-hybridized carbons (Fsp3) is 0.364. The lowest BCUT2D eigenvalue weighted by Gasteiger charge is -2.11. The molecule has 0 aliphatic rings. The van der Waals surface area contributed by atoms with E-state index in [2.05, 4.69) is 0 Å². The second-order valence-electron chi connectivity index (χ2n) is 3.31. The zero-order valence-corrected chi connectivity index (χ0v) is 9.03. The zero-order valence-electron chi connectivity index (χ0n) is 9.03. The third-order valence-electron chi connectivity index (χ3n) is 1.97. The fourth-order valence-corrected chi connectivity index (χ4v) is 1.42. The first-order valence-corrected chi connectivity index (χ1v) is 4.52. The molecule has 1 N–H and O–H groups in total. The molecule has 0 unspecified atom stereocenters. The van der Waals surface area contributed by atoms with Crippen LogP contribution in [0.1, 0.15) is 21.5 Å². The van der Waals surface area contributed by atoms with Gasteiger partial charge in [-0.3, -0.25) is 0 Å². The van der Waals surface area contributed by atoms with Crippen molar-refractivity contribution in [2.45, 2.75) is 13.8 Å². The number of ether oxygens (including phenoxy) is 2. The number of carbonyl (C=O) groups is 1. The number of benzene rings is 1. The van der Waals surface area contributed by atoms with Crippen LogP contribution in [0.4, 0.5) is 0 Å². The molecule has 15 heavy (non-hydrogen) atoms. The lowest BCUT2D eigenvalue weighted by molar-refractivity contribution is 0.0478. The Hall–Kier alpha value is -1.55. The van der Waals surface area contributed by atoms with Gasteiger partial charge in [-0.1, -0.05) is 6.07 Å². The number of hydrogen-bond acceptors (Lipinski definition) is 3. The van der Waals surface area contributed by atoms with Crippen molar-refractivity contribution in [1.82, 2.24) is 0 Å². The zero-order chi connectivity index (χ0) is 11.4. The number of hydrogen-bond donors (Lipinski definition) is 1. The van der Waals surface area contributed by atoms with Gasteiger partial charge >= 0.3 is 5.97 Å². The lowest BCUT2D eigenvalue weighted by atomic mass is 10.1. The molecule has 4 heteroatoms. The van der Waals surface area contributed by atoms with E-state index in [4.69, 9.17) is 14.6 Å². The first-order chi connectivity index (χ1) is 7.06. The van der Waals surface area contributed by atoms with Gasteiger partial charge in [-0.05, 0) is 31.0 Å². The van der Waals surface area contributed by atoms with Gasteiger partial charge in [0, 0.05) is 7.11 Å². The van der Waals surface area contributed by atoms with Crippen molar-refractivity contribution in [3.63, 3.8) is 0 Å². The molecule has 82 valence electrons. The van der Waals surface area contributed by atoms with E-state index in [0.29, 0.717) is 5.75 Å². The van der Waals surface area contributed by atoms with Crippen molar-refractivity contribution in [3.8, 4) is 5.75 Å². The molecule has 0 atom stereocenters. The smallest absolute Gasteiger partial charge is 0.339 e. The van der Waals surface area contributed by atoms with Crippen LogP contribution in [0.15, 0.2) is 12.1 Å². The summed E-state index contributed by atoms with van der Waals surface area (Å²) in [4.78, 5) is 11.0. The minimum atomic E-state index is -0.993. The highest BCUT2D eigenvalue weighted by molar-refractivity contribution is 5.91. The Morgan fingerprint density at radius 3 is 2.60 bits per heavy atom. The summed E-state index contributed by atoms with van der Waals surface area (Å²) in [5.41, 5.74) is 1.86. The van der Waals surface area contributed by atoms with Crippen LogP contribution in [0.5, 0.6) is 5.75 Å². The van der Waals surface area contributed by atoms with E-state index < -0.39 is 5.97 Å². The van der Waals surface area contributed by atoms with E-state index in [1.165, 1.54) is 7.11 Å². The molecule has 0 amide bonds. The standard InChI is InChI=1S/C11H14O4/c1-7-4-8(2)10(15-6-14-3)9(5-7)11(12)13/h4-5H,6H2,1-3H3,(H,12,13). The van der Waals surface area contributed by atoms with E-state index in [9.17, 15) is 4.79 Å². The van der Waals surface area contributed by atoms with Gasteiger partial charge in [0.2, 0.25) is 0 Å². The maximum atomic E-state index is 11.0. The summed E-state index contributed by atoms with van der Waals surface area (Å²) >= 11 is 0. The van der Waals surface area contributed by atoms with Gasteiger partial charge < -0.3 is 14.6 Å². The van der Waals surface area contributed by atoms with Gasteiger partial charge in [0.1, 0.15) is 11.3 Å². The van der Waals surface area contributed by atoms with Crippen LogP contribution in [-0.2, 0) is 4.74 Å². The first-order valence-electron chi connectivity index (χ1n) is 4.52. The topological polar surface area (TPSA) is 55.8 Å². The summed E-state index contributed by atoms with van der Waals surface area (Å²) in [5, 5.41) is 8.99. The highest BCUT2D eigenvalue weighted by Gasteiger charge is 2.14. The minimum Gasteiger partial charge on any atom is -0.478 e. The molecule has 1 aromatic carbocycles. The van der Waals surface area contributed by atoms with Crippen LogP contribution in [0.3, 0.4) is 0 Å². The summed E-state index contributed by atoms with van der Waals surface area (Å²) < 4.78 is 9.98. The molecule has 1 aromatic rings. The Bertz CT molecular complexity index is 371. The molecule has 0 radical (unpaired) electrons. The Morgan fingerprint density at radius 1 is 1.40 bits per heavy atom. The molecule has 0 aliphatic carbocycles. The van der Waals surface area contributed by atoms with Gasteiger partial charge in [0.25, 0.3) is 0 Å². The van der Waals surface area contributed by atoms with Crippen LogP contribution in [0.2, 0.25) is 0 Å². The predicted octanol–water partition coefficient (Wildman–Crippen LogP) is 1.98. The van der Waals surface area contributed by atoms with Gasteiger partial charge in [0.05, 0.1) is 0 Å². The van der Waals surface area contributed by atoms with E-state index in [-0.39, 0.29) is 12.4 Å². The second-order valence-corrected chi connectivity index (χ2v) is 3.31. The molecule has 0 saturated heterocycles. The Kier molecular flexibility index (Phi) is 3.68. The molecular formula is C11H14O4. The van der Waals surface area contributed by atoms with Crippen LogP contribution in [-0.4, -0.2) is 25.0 Å². The Labute approximate surface area is 88.4 Å². The predicted molar refractivity (Wildman–Crippen MR) is 55.4 cm³/mol. The molecule has 0 heterocycles. The molecular weight excluding hydrogens is 196 g/mol. The third kappa shape index (κ3) is 2.70. The summed E-state index contributed by atoms with van der Waals surface area (Å²) in [6.07, 6.45) is 0. The largest absolute Gasteiger partial charge is 0.478 e. The van der Waals surface area contributed by atoms with Crippen LogP contribution < -0.4 is 4.74 Å². The van der Waals surface area contributed by atoms with Crippen LogP contribution >= 0.6 is 0 Å². The number of methoxy groups -OCH3 is 1. The molecule has 4 nitrogen and oxygen atoms in total. The maximum Gasteiger partial charge on any atom is 0.339 e. The molecule has 0 fully saturated rings. The van der Waals surface area contributed by atoms with Gasteiger partial charge in [-0.2, -0.15) is 0 Å². The van der Waals surface area contributed by atoms with Crippen molar-refractivity contribution in [3.05, 3.63) is 28.8 Å². The SMILES string of the molecule is COCOc1c(C)cc(C)cc1C(=O)O. The van der Waals surface area contributed by atoms with Gasteiger partial charge in [-0.15, -0.1) is 0 Å². The monoisotopic (exact) mass is 210 g/mol. The lowest BCUT2D eigenvalue weighted by Crippen LogP contribution is -2.07. The molecule has 0 saturated carbocycles. The summed E-state index contributed by atoms with van der Waals surface area (Å²) in [6, 6.07) is 3.46. The average molecular weight is 210 g/mol. The highest BCUT2D eigenvalue weighted by Crippen LogP contribution is 2.25. The fourth-order valence-electron chi connectivity index (χ4n) is 1.42. The molecule has 1 rings (SSSR count). The van der Waals surface area contributed by atoms with E-state index in [1.807, 2.05) is 19.9 Å². The quantitative estimate of drug-likeness (QED) is 0.772. The molecule has 0 spiro atoms. The van der Waals surface area contributed by atoms with Crippen LogP contribution in [0, 0.1) is 13.8 Å². The number of carboxylic acids is 1. The number of aryl methyl sites for hydroxylation is 2. The first kappa shape index (κ1) is 11.5. The average Bonchev–Trinajstić information content (AvgIpc) is 2.15. The Balaban J connectivity index is 3.15. The molecule has 0 aromatic heterocycles. The maximum absolute atomic E-state index is 11.0. The van der Waals surface area contributed by atoms with Crippen molar-refractivity contribution in [2.24, 2.45) is 0 Å². The van der Waals surface area contributed by atoms with Gasteiger partial charge in [0.15, 0.2) is 6.79 Å². The molecule has 0 aliphatic heterocycles. The van der Waals surface area contributed by atoms with Crippen molar-refractivity contribution >= 4 is 5.97 Å². The third-order valence-corrected chi connectivity index (χ3v) is 1.97. The van der Waals surface area contributed by atoms with Crippen LogP contribution in [0.25, 0.3) is 0 Å². The van der Waals surface area contributed by atoms with Crippen molar-refractivity contribution in [1.29, 1.82) is 0 Å². The number of rotatable bonds is 4. The summed E-state index contributed by atoms with van der Waals surface area (Å²) in [5.74, 6) is -0.622. The van der Waals surface area contributed by atoms with Crippen molar-refractivity contribution < 1.29 is 19.4 Å². The van der Waals surface area contributed by atoms with Gasteiger partial charge in [-0.25, -0.2) is 4.79 Å². The highest BCUT2D eigenvalue weighted by atomic mass is 16.7. The second kappa shape index (κ2) is 4.79. The van der Waals surface area contributed by atoms with Crippen molar-refractivity contribution in [2.75, 3.05) is 13.9 Å². The summed E-state index contributed by atoms with van der Waals surface area (Å²) in [7, 11) is 1.49. The Morgan fingerprint density at radius 2 is 2.07 bits per heavy atom. The molecule has 0 bridgehead atoms. The normalized spacial score (nSPS) is 10.1. The number of carboxylic acid groups (broad SMARTS) is 1. The summed E-state index contributed by atoms with van der Waals surface area (Å²) in [6.45, 7) is 3.70. The number of aromatic carboxylic acids is 1.